The van der Waals surface area contributed by atoms with Crippen LogP contribution < -0.4 is 25.6 Å². The van der Waals surface area contributed by atoms with Gasteiger partial charge in [-0.05, 0) is 36.6 Å². The Morgan fingerprint density at radius 2 is 1.66 bits per heavy atom. The summed E-state index contributed by atoms with van der Waals surface area (Å²) < 4.78 is 40.1. The second kappa shape index (κ2) is 11.2. The average Bonchev–Trinajstić information content (AvgIpc) is 2.54. The third-order valence-electron chi connectivity index (χ3n) is 3.56. The smallest absolute Gasteiger partial charge is 0.406 e. The van der Waals surface area contributed by atoms with Gasteiger partial charge in [-0.1, -0.05) is 13.8 Å². The maximum atomic E-state index is 12.1. The molecule has 4 amide bonds. The van der Waals surface area contributed by atoms with Crippen LogP contribution in [-0.2, 0) is 9.59 Å². The summed E-state index contributed by atoms with van der Waals surface area (Å²) in [5.41, 5.74) is 0.284. The number of carbonyl (C=O) groups excluding carboxylic acids is 3. The van der Waals surface area contributed by atoms with Gasteiger partial charge >= 0.3 is 12.4 Å². The van der Waals surface area contributed by atoms with Crippen molar-refractivity contribution in [3.63, 3.8) is 0 Å². The van der Waals surface area contributed by atoms with Crippen LogP contribution in [0.5, 0.6) is 5.75 Å². The Bertz CT molecular complexity index is 693. The fourth-order valence-corrected chi connectivity index (χ4v) is 2.25. The molecule has 1 aromatic rings. The van der Waals surface area contributed by atoms with E-state index in [1.165, 1.54) is 12.1 Å². The summed E-state index contributed by atoms with van der Waals surface area (Å²) in [6, 6.07) is 4.09. The van der Waals surface area contributed by atoms with Crippen molar-refractivity contribution < 1.29 is 37.2 Å². The molecule has 1 rings (SSSR count). The highest BCUT2D eigenvalue weighted by Crippen LogP contribution is 2.23. The molecule has 1 unspecified atom stereocenters. The standard InChI is InChI=1S/C18H25F3N4O4/c1-12(2)8-9-22-17(28)24-16(27)11-25(3)10-15(26)23-13-4-6-14(7-5-13)29-18(19,20)21/h4-7,12H,8-11H2,1-3H3,(H,23,26)(H2,22,24,27,28)/p+1. The van der Waals surface area contributed by atoms with Crippen LogP contribution in [0.4, 0.5) is 23.7 Å². The Morgan fingerprint density at radius 1 is 1.07 bits per heavy atom. The number of alkyl halides is 3. The zero-order chi connectivity index (χ0) is 22.0. The summed E-state index contributed by atoms with van der Waals surface area (Å²) >= 11 is 0. The summed E-state index contributed by atoms with van der Waals surface area (Å²) in [6.45, 7) is 4.29. The number of quaternary nitrogens is 1. The number of amides is 4. The zero-order valence-corrected chi connectivity index (χ0v) is 16.5. The van der Waals surface area contributed by atoms with E-state index >= 15 is 0 Å². The van der Waals surface area contributed by atoms with Crippen molar-refractivity contribution in [2.45, 2.75) is 26.6 Å². The van der Waals surface area contributed by atoms with Gasteiger partial charge in [0.25, 0.3) is 11.8 Å². The van der Waals surface area contributed by atoms with Crippen LogP contribution in [0.25, 0.3) is 0 Å². The zero-order valence-electron chi connectivity index (χ0n) is 16.5. The van der Waals surface area contributed by atoms with Crippen molar-refractivity contribution in [1.29, 1.82) is 0 Å². The fourth-order valence-electron chi connectivity index (χ4n) is 2.25. The number of hydrogen-bond acceptors (Lipinski definition) is 4. The molecule has 0 spiro atoms. The highest BCUT2D eigenvalue weighted by atomic mass is 19.4. The first-order valence-electron chi connectivity index (χ1n) is 8.99. The largest absolute Gasteiger partial charge is 0.573 e. The molecule has 29 heavy (non-hydrogen) atoms. The number of halogens is 3. The normalized spacial score (nSPS) is 12.2. The number of carbonyl (C=O) groups is 3. The Morgan fingerprint density at radius 3 is 2.21 bits per heavy atom. The molecule has 11 heteroatoms. The number of rotatable bonds is 9. The van der Waals surface area contributed by atoms with Gasteiger partial charge in [0.2, 0.25) is 0 Å². The summed E-state index contributed by atoms with van der Waals surface area (Å²) in [5.74, 6) is -0.956. The molecule has 4 N–H and O–H groups in total. The number of nitrogens with one attached hydrogen (secondary N) is 4. The summed E-state index contributed by atoms with van der Waals surface area (Å²) in [6.07, 6.45) is -4.00. The fraction of sp³-hybridized carbons (Fsp3) is 0.500. The summed E-state index contributed by atoms with van der Waals surface area (Å²) in [7, 11) is 1.59. The van der Waals surface area contributed by atoms with Crippen molar-refractivity contribution in [2.75, 3.05) is 32.0 Å². The molecule has 0 aliphatic rings. The molecule has 162 valence electrons. The minimum absolute atomic E-state index is 0.0802. The Labute approximate surface area is 166 Å². The van der Waals surface area contributed by atoms with E-state index in [1.54, 1.807) is 7.05 Å². The van der Waals surface area contributed by atoms with Crippen molar-refractivity contribution in [2.24, 2.45) is 5.92 Å². The number of anilines is 1. The predicted molar refractivity (Wildman–Crippen MR) is 99.4 cm³/mol. The van der Waals surface area contributed by atoms with Crippen molar-refractivity contribution >= 4 is 23.5 Å². The van der Waals surface area contributed by atoms with Gasteiger partial charge in [0.1, 0.15) is 5.75 Å². The lowest BCUT2D eigenvalue weighted by Gasteiger charge is -2.14. The van der Waals surface area contributed by atoms with Gasteiger partial charge in [0.05, 0.1) is 7.05 Å². The minimum Gasteiger partial charge on any atom is -0.406 e. The van der Waals surface area contributed by atoms with E-state index in [2.05, 4.69) is 20.7 Å². The number of ether oxygens (including phenoxy) is 1. The first-order chi connectivity index (χ1) is 13.4. The molecular weight excluding hydrogens is 393 g/mol. The number of hydrogen-bond donors (Lipinski definition) is 4. The molecule has 8 nitrogen and oxygen atoms in total. The molecular formula is C18H26F3N4O4+. The van der Waals surface area contributed by atoms with Crippen LogP contribution in [0.3, 0.4) is 0 Å². The van der Waals surface area contributed by atoms with Gasteiger partial charge in [-0.3, -0.25) is 14.9 Å². The van der Waals surface area contributed by atoms with E-state index in [1.807, 2.05) is 13.8 Å². The van der Waals surface area contributed by atoms with E-state index in [0.717, 1.165) is 18.6 Å². The maximum Gasteiger partial charge on any atom is 0.573 e. The van der Waals surface area contributed by atoms with E-state index in [4.69, 9.17) is 0 Å². The van der Waals surface area contributed by atoms with Gasteiger partial charge in [0.15, 0.2) is 13.1 Å². The van der Waals surface area contributed by atoms with E-state index in [9.17, 15) is 27.6 Å². The number of urea groups is 1. The highest BCUT2D eigenvalue weighted by molar-refractivity contribution is 5.95. The second-order valence-electron chi connectivity index (χ2n) is 6.92. The van der Waals surface area contributed by atoms with Gasteiger partial charge in [-0.15, -0.1) is 13.2 Å². The molecule has 0 aliphatic carbocycles. The molecule has 1 atom stereocenters. The third-order valence-corrected chi connectivity index (χ3v) is 3.56. The third kappa shape index (κ3) is 11.6. The molecule has 0 bridgehead atoms. The lowest BCUT2D eigenvalue weighted by atomic mass is 10.1. The first kappa shape index (κ1) is 24.2. The van der Waals surface area contributed by atoms with Crippen LogP contribution in [0.15, 0.2) is 24.3 Å². The van der Waals surface area contributed by atoms with Gasteiger partial charge in [-0.25, -0.2) is 4.79 Å². The lowest BCUT2D eigenvalue weighted by Crippen LogP contribution is -3.11. The van der Waals surface area contributed by atoms with E-state index in [0.29, 0.717) is 17.4 Å². The molecule has 0 saturated heterocycles. The van der Waals surface area contributed by atoms with Crippen LogP contribution in [0.1, 0.15) is 20.3 Å². The minimum atomic E-state index is -4.79. The first-order valence-corrected chi connectivity index (χ1v) is 8.99. The quantitative estimate of drug-likeness (QED) is 0.478. The van der Waals surface area contributed by atoms with Gasteiger partial charge in [0, 0.05) is 12.2 Å². The summed E-state index contributed by atoms with van der Waals surface area (Å²) in [4.78, 5) is 35.9. The Kier molecular flexibility index (Phi) is 9.39. The number of imide groups is 1. The number of benzene rings is 1. The Hall–Kier alpha value is -2.82. The number of likely N-dealkylation sites (N-methyl/N-ethyl adjacent to an activating group) is 1. The SMILES string of the molecule is CC(C)CCNC(=O)NC(=O)C[NH+](C)CC(=O)Nc1ccc(OC(F)(F)F)cc1. The monoisotopic (exact) mass is 419 g/mol. The molecule has 1 aromatic carbocycles. The lowest BCUT2D eigenvalue weighted by molar-refractivity contribution is -0.862. The molecule has 0 heterocycles. The molecule has 0 fully saturated rings. The van der Waals surface area contributed by atoms with Gasteiger partial charge < -0.3 is 20.3 Å². The summed E-state index contributed by atoms with van der Waals surface area (Å²) in [5, 5.41) is 7.26. The molecule has 0 radical (unpaired) electrons. The van der Waals surface area contributed by atoms with Crippen molar-refractivity contribution in [1.82, 2.24) is 10.6 Å². The van der Waals surface area contributed by atoms with E-state index < -0.39 is 30.0 Å². The predicted octanol–water partition coefficient (Wildman–Crippen LogP) is 0.910. The highest BCUT2D eigenvalue weighted by Gasteiger charge is 2.31. The van der Waals surface area contributed by atoms with Crippen molar-refractivity contribution in [3.05, 3.63) is 24.3 Å². The van der Waals surface area contributed by atoms with Crippen LogP contribution in [0.2, 0.25) is 0 Å². The maximum absolute atomic E-state index is 12.1. The van der Waals surface area contributed by atoms with Gasteiger partial charge in [-0.2, -0.15) is 0 Å². The average molecular weight is 419 g/mol. The molecule has 0 aliphatic heterocycles. The molecule has 0 aromatic heterocycles. The van der Waals surface area contributed by atoms with Crippen LogP contribution in [0, 0.1) is 5.92 Å². The second-order valence-corrected chi connectivity index (χ2v) is 6.92. The topological polar surface area (TPSA) is 101 Å². The van der Waals surface area contributed by atoms with Crippen molar-refractivity contribution in [3.8, 4) is 5.75 Å². The van der Waals surface area contributed by atoms with Crippen LogP contribution in [-0.4, -0.2) is 50.9 Å². The molecule has 0 saturated carbocycles. The van der Waals surface area contributed by atoms with E-state index in [-0.39, 0.29) is 18.8 Å². The van der Waals surface area contributed by atoms with Crippen LogP contribution >= 0.6 is 0 Å². The Balaban J connectivity index is 2.36.